The van der Waals surface area contributed by atoms with E-state index in [0.717, 1.165) is 22.4 Å². The largest absolute Gasteiger partial charge is 0.392 e. The van der Waals surface area contributed by atoms with E-state index in [1.54, 1.807) is 12.3 Å². The number of pyridine rings is 1. The van der Waals surface area contributed by atoms with Crippen LogP contribution in [0.1, 0.15) is 35.3 Å². The van der Waals surface area contributed by atoms with E-state index in [1.807, 2.05) is 18.2 Å². The topological polar surface area (TPSA) is 75.3 Å². The highest BCUT2D eigenvalue weighted by Crippen LogP contribution is 2.33. The monoisotopic (exact) mass is 464 g/mol. The fourth-order valence-corrected chi connectivity index (χ4v) is 4.40. The number of rotatable bonds is 6. The molecule has 6 nitrogen and oxygen atoms in total. The van der Waals surface area contributed by atoms with Gasteiger partial charge in [-0.15, -0.1) is 0 Å². The maximum atomic E-state index is 13.3. The normalized spacial score (nSPS) is 18.6. The highest BCUT2D eigenvalue weighted by molar-refractivity contribution is 6.31. The van der Waals surface area contributed by atoms with Gasteiger partial charge in [-0.2, -0.15) is 4.98 Å². The molecule has 2 atom stereocenters. The van der Waals surface area contributed by atoms with Crippen LogP contribution >= 0.6 is 11.6 Å². The van der Waals surface area contributed by atoms with Crippen molar-refractivity contribution < 1.29 is 14.0 Å². The number of aromatic nitrogens is 3. The Morgan fingerprint density at radius 2 is 1.97 bits per heavy atom. The minimum atomic E-state index is -0.468. The molecule has 5 rings (SSSR count). The van der Waals surface area contributed by atoms with Crippen LogP contribution in [-0.4, -0.2) is 37.8 Å². The molecule has 1 aliphatic rings. The number of hydrogen-bond acceptors (Lipinski definition) is 6. The van der Waals surface area contributed by atoms with Crippen molar-refractivity contribution in [2.24, 2.45) is 0 Å². The molecule has 8 heteroatoms. The van der Waals surface area contributed by atoms with Crippen LogP contribution in [0.3, 0.4) is 0 Å². The molecular weight excluding hydrogens is 443 g/mol. The van der Waals surface area contributed by atoms with Crippen molar-refractivity contribution in [1.82, 2.24) is 20.0 Å². The van der Waals surface area contributed by atoms with Crippen molar-refractivity contribution in [3.63, 3.8) is 0 Å². The number of benzene rings is 2. The molecular formula is C25H22ClFN4O2. The minimum Gasteiger partial charge on any atom is -0.392 e. The van der Waals surface area contributed by atoms with Crippen LogP contribution in [0.15, 0.2) is 71.4 Å². The van der Waals surface area contributed by atoms with E-state index in [2.05, 4.69) is 44.3 Å². The molecule has 0 radical (unpaired) electrons. The first kappa shape index (κ1) is 21.7. The van der Waals surface area contributed by atoms with Gasteiger partial charge in [-0.05, 0) is 41.8 Å². The Morgan fingerprint density at radius 3 is 2.73 bits per heavy atom. The van der Waals surface area contributed by atoms with E-state index < -0.39 is 6.10 Å². The predicted molar refractivity (Wildman–Crippen MR) is 122 cm³/mol. The quantitative estimate of drug-likeness (QED) is 0.441. The summed E-state index contributed by atoms with van der Waals surface area (Å²) in [5, 5.41) is 14.7. The van der Waals surface area contributed by atoms with Crippen LogP contribution in [0.2, 0.25) is 5.02 Å². The second kappa shape index (κ2) is 9.39. The van der Waals surface area contributed by atoms with Crippen molar-refractivity contribution in [2.45, 2.75) is 31.5 Å². The van der Waals surface area contributed by atoms with Gasteiger partial charge < -0.3 is 9.63 Å². The fourth-order valence-electron chi connectivity index (χ4n) is 4.17. The summed E-state index contributed by atoms with van der Waals surface area (Å²) in [5.41, 5.74) is 3.82. The molecule has 1 saturated heterocycles. The van der Waals surface area contributed by atoms with Gasteiger partial charge in [0, 0.05) is 36.3 Å². The zero-order valence-corrected chi connectivity index (χ0v) is 18.5. The van der Waals surface area contributed by atoms with Gasteiger partial charge in [0.1, 0.15) is 5.82 Å². The lowest BCUT2D eigenvalue weighted by atomic mass is 10.1. The summed E-state index contributed by atoms with van der Waals surface area (Å²) < 4.78 is 18.8. The molecule has 2 aromatic carbocycles. The molecule has 168 valence electrons. The third kappa shape index (κ3) is 4.95. The molecule has 0 bridgehead atoms. The predicted octanol–water partition coefficient (Wildman–Crippen LogP) is 4.82. The lowest BCUT2D eigenvalue weighted by Gasteiger charge is -2.21. The van der Waals surface area contributed by atoms with Crippen LogP contribution in [0.5, 0.6) is 0 Å². The van der Waals surface area contributed by atoms with E-state index in [0.29, 0.717) is 42.7 Å². The van der Waals surface area contributed by atoms with Gasteiger partial charge >= 0.3 is 0 Å². The molecule has 0 saturated carbocycles. The first-order valence-electron chi connectivity index (χ1n) is 10.7. The Balaban J connectivity index is 1.29. The average molecular weight is 465 g/mol. The van der Waals surface area contributed by atoms with Gasteiger partial charge in [-0.3, -0.25) is 9.88 Å². The van der Waals surface area contributed by atoms with Crippen molar-refractivity contribution >= 4 is 11.6 Å². The molecule has 1 fully saturated rings. The van der Waals surface area contributed by atoms with Crippen molar-refractivity contribution in [3.8, 4) is 11.3 Å². The van der Waals surface area contributed by atoms with Crippen LogP contribution < -0.4 is 0 Å². The zero-order valence-electron chi connectivity index (χ0n) is 17.7. The van der Waals surface area contributed by atoms with Crippen molar-refractivity contribution in [2.75, 3.05) is 6.54 Å². The Kier molecular flexibility index (Phi) is 6.17. The zero-order chi connectivity index (χ0) is 22.8. The van der Waals surface area contributed by atoms with Gasteiger partial charge in [-0.25, -0.2) is 4.39 Å². The lowest BCUT2D eigenvalue weighted by molar-refractivity contribution is 0.169. The first-order valence-corrected chi connectivity index (χ1v) is 11.1. The molecule has 2 aromatic heterocycles. The SMILES string of the molecule is OC1CC(c2nc(Cc3ccc(F)cc3Cl)no2)N(Cc2ccc(-c3ccccn3)cc2)C1. The molecule has 33 heavy (non-hydrogen) atoms. The number of β-amino-alcohol motifs (C(OH)–C–C–N with tert-alkyl or cyclic N) is 1. The molecule has 0 amide bonds. The van der Waals surface area contributed by atoms with Gasteiger partial charge in [-0.1, -0.05) is 53.2 Å². The highest BCUT2D eigenvalue weighted by atomic mass is 35.5. The Bertz CT molecular complexity index is 1230. The molecule has 0 aliphatic carbocycles. The number of aliphatic hydroxyl groups excluding tert-OH is 1. The second-order valence-corrected chi connectivity index (χ2v) is 8.62. The minimum absolute atomic E-state index is 0.180. The number of likely N-dealkylation sites (tertiary alicyclic amines) is 1. The van der Waals surface area contributed by atoms with E-state index in [1.165, 1.54) is 12.1 Å². The Labute approximate surface area is 195 Å². The van der Waals surface area contributed by atoms with Crippen LogP contribution in [-0.2, 0) is 13.0 Å². The summed E-state index contributed by atoms with van der Waals surface area (Å²) in [7, 11) is 0. The van der Waals surface area contributed by atoms with Gasteiger partial charge in [0.15, 0.2) is 5.82 Å². The average Bonchev–Trinajstić information content (AvgIpc) is 3.43. The van der Waals surface area contributed by atoms with Crippen LogP contribution in [0.25, 0.3) is 11.3 Å². The van der Waals surface area contributed by atoms with Crippen LogP contribution in [0, 0.1) is 5.82 Å². The lowest BCUT2D eigenvalue weighted by Crippen LogP contribution is -2.24. The van der Waals surface area contributed by atoms with E-state index in [9.17, 15) is 9.50 Å². The van der Waals surface area contributed by atoms with Gasteiger partial charge in [0.2, 0.25) is 5.89 Å². The summed E-state index contributed by atoms with van der Waals surface area (Å²) in [5.74, 6) is 0.547. The van der Waals surface area contributed by atoms with E-state index in [4.69, 9.17) is 16.1 Å². The molecule has 1 N–H and O–H groups in total. The van der Waals surface area contributed by atoms with Crippen molar-refractivity contribution in [3.05, 3.63) is 101 Å². The fraction of sp³-hybridized carbons (Fsp3) is 0.240. The van der Waals surface area contributed by atoms with E-state index in [-0.39, 0.29) is 11.9 Å². The molecule has 1 aliphatic heterocycles. The second-order valence-electron chi connectivity index (χ2n) is 8.21. The maximum absolute atomic E-state index is 13.3. The smallest absolute Gasteiger partial charge is 0.244 e. The molecule has 3 heterocycles. The van der Waals surface area contributed by atoms with Crippen LogP contribution in [0.4, 0.5) is 4.39 Å². The third-order valence-corrected chi connectivity index (χ3v) is 6.17. The number of halogens is 2. The molecule has 0 spiro atoms. The van der Waals surface area contributed by atoms with Gasteiger partial charge in [0.25, 0.3) is 0 Å². The molecule has 4 aromatic rings. The summed E-state index contributed by atoms with van der Waals surface area (Å²) in [6.45, 7) is 1.17. The molecule has 2 unspecified atom stereocenters. The maximum Gasteiger partial charge on any atom is 0.244 e. The van der Waals surface area contributed by atoms with Gasteiger partial charge in [0.05, 0.1) is 17.8 Å². The highest BCUT2D eigenvalue weighted by Gasteiger charge is 2.35. The summed E-state index contributed by atoms with van der Waals surface area (Å²) >= 11 is 6.12. The van der Waals surface area contributed by atoms with Crippen molar-refractivity contribution in [1.29, 1.82) is 0 Å². The van der Waals surface area contributed by atoms with E-state index >= 15 is 0 Å². The standard InChI is InChI=1S/C25H22ClFN4O2/c26-21-12-19(27)9-8-18(21)11-24-29-25(33-30-24)23-13-20(32)15-31(23)14-16-4-6-17(7-5-16)22-3-1-2-10-28-22/h1-10,12,20,23,32H,11,13-15H2. The summed E-state index contributed by atoms with van der Waals surface area (Å²) in [6, 6.07) is 18.2. The number of hydrogen-bond donors (Lipinski definition) is 1. The Hall–Kier alpha value is -3.13. The number of nitrogens with zero attached hydrogens (tertiary/aromatic N) is 4. The first-order chi connectivity index (χ1) is 16.0. The summed E-state index contributed by atoms with van der Waals surface area (Å²) in [6.07, 6.45) is 2.17. The number of aliphatic hydroxyl groups is 1. The summed E-state index contributed by atoms with van der Waals surface area (Å²) in [4.78, 5) is 11.1. The Morgan fingerprint density at radius 1 is 1.12 bits per heavy atom. The third-order valence-electron chi connectivity index (χ3n) is 5.81.